The number of fused-ring (bicyclic) bond motifs is 1. The van der Waals surface area contributed by atoms with Gasteiger partial charge in [0, 0.05) is 29.2 Å². The van der Waals surface area contributed by atoms with Gasteiger partial charge in [-0.2, -0.15) is 0 Å². The fourth-order valence-electron chi connectivity index (χ4n) is 3.39. The fraction of sp³-hybridized carbons (Fsp3) is 0.227. The van der Waals surface area contributed by atoms with Crippen LogP contribution < -0.4 is 5.32 Å². The summed E-state index contributed by atoms with van der Waals surface area (Å²) in [7, 11) is 0. The summed E-state index contributed by atoms with van der Waals surface area (Å²) in [6, 6.07) is 11.2. The van der Waals surface area contributed by atoms with E-state index in [1.54, 1.807) is 24.5 Å². The van der Waals surface area contributed by atoms with Crippen LogP contribution in [0.3, 0.4) is 0 Å². The van der Waals surface area contributed by atoms with Crippen molar-refractivity contribution in [2.45, 2.75) is 26.4 Å². The summed E-state index contributed by atoms with van der Waals surface area (Å²) in [5, 5.41) is 3.51. The zero-order valence-electron chi connectivity index (χ0n) is 16.5. The quantitative estimate of drug-likeness (QED) is 0.581. The molecule has 0 bridgehead atoms. The van der Waals surface area contributed by atoms with Gasteiger partial charge in [0.2, 0.25) is 5.91 Å². The summed E-state index contributed by atoms with van der Waals surface area (Å²) in [6.45, 7) is 2.80. The van der Waals surface area contributed by atoms with E-state index < -0.39 is 0 Å². The van der Waals surface area contributed by atoms with Crippen molar-refractivity contribution in [3.8, 4) is 0 Å². The SMILES string of the molecule is CCCN1C(=O)S/C(=C\c2cn(CC(=O)NCc3ccco3)c3ccccc23)C1=O. The van der Waals surface area contributed by atoms with Gasteiger partial charge in [-0.3, -0.25) is 19.3 Å². The second-order valence-electron chi connectivity index (χ2n) is 6.92. The highest BCUT2D eigenvalue weighted by Gasteiger charge is 2.34. The van der Waals surface area contributed by atoms with E-state index in [0.717, 1.165) is 34.6 Å². The van der Waals surface area contributed by atoms with Crippen LogP contribution in [0.4, 0.5) is 4.79 Å². The van der Waals surface area contributed by atoms with Crippen molar-refractivity contribution in [2.24, 2.45) is 0 Å². The molecular weight excluding hydrogens is 402 g/mol. The minimum atomic E-state index is -0.264. The van der Waals surface area contributed by atoms with E-state index in [-0.39, 0.29) is 23.6 Å². The van der Waals surface area contributed by atoms with E-state index in [9.17, 15) is 14.4 Å². The maximum atomic E-state index is 12.6. The van der Waals surface area contributed by atoms with Crippen LogP contribution in [0, 0.1) is 0 Å². The van der Waals surface area contributed by atoms with Gasteiger partial charge in [-0.15, -0.1) is 0 Å². The highest BCUT2D eigenvalue weighted by atomic mass is 32.2. The second-order valence-corrected chi connectivity index (χ2v) is 7.91. The Morgan fingerprint density at radius 3 is 2.80 bits per heavy atom. The zero-order chi connectivity index (χ0) is 21.1. The van der Waals surface area contributed by atoms with Crippen molar-refractivity contribution in [2.75, 3.05) is 6.54 Å². The highest BCUT2D eigenvalue weighted by Crippen LogP contribution is 2.34. The van der Waals surface area contributed by atoms with E-state index in [0.29, 0.717) is 23.8 Å². The average Bonchev–Trinajstić information content (AvgIpc) is 3.44. The van der Waals surface area contributed by atoms with Gasteiger partial charge in [0.25, 0.3) is 11.1 Å². The first-order valence-electron chi connectivity index (χ1n) is 9.69. The molecule has 0 saturated carbocycles. The lowest BCUT2D eigenvalue weighted by atomic mass is 10.1. The maximum absolute atomic E-state index is 12.6. The van der Waals surface area contributed by atoms with Gasteiger partial charge in [0.1, 0.15) is 12.3 Å². The second kappa shape index (κ2) is 8.62. The Labute approximate surface area is 177 Å². The smallest absolute Gasteiger partial charge is 0.293 e. The van der Waals surface area contributed by atoms with E-state index in [2.05, 4.69) is 5.32 Å². The van der Waals surface area contributed by atoms with Crippen LogP contribution in [0.15, 0.2) is 58.2 Å². The summed E-state index contributed by atoms with van der Waals surface area (Å²) in [6.07, 6.45) is 5.86. The van der Waals surface area contributed by atoms with Crippen LogP contribution >= 0.6 is 11.8 Å². The van der Waals surface area contributed by atoms with Crippen LogP contribution in [-0.2, 0) is 22.7 Å². The zero-order valence-corrected chi connectivity index (χ0v) is 17.3. The normalized spacial score (nSPS) is 15.5. The van der Waals surface area contributed by atoms with Crippen LogP contribution in [-0.4, -0.2) is 33.1 Å². The Hall–Kier alpha value is -3.26. The van der Waals surface area contributed by atoms with Gasteiger partial charge in [0.15, 0.2) is 0 Å². The van der Waals surface area contributed by atoms with Gasteiger partial charge in [-0.1, -0.05) is 25.1 Å². The molecule has 1 saturated heterocycles. The predicted molar refractivity (Wildman–Crippen MR) is 115 cm³/mol. The summed E-state index contributed by atoms with van der Waals surface area (Å²) in [5.74, 6) is 0.269. The van der Waals surface area contributed by atoms with Gasteiger partial charge in [0.05, 0.1) is 17.7 Å². The molecule has 1 aliphatic heterocycles. The standard InChI is InChI=1S/C22H21N3O4S/c1-2-9-25-21(27)19(30-22(25)28)11-15-13-24(18-8-4-3-7-17(15)18)14-20(26)23-12-16-6-5-10-29-16/h3-8,10-11,13H,2,9,12,14H2,1H3,(H,23,26)/b19-11-. The lowest BCUT2D eigenvalue weighted by Gasteiger charge is -2.09. The Morgan fingerprint density at radius 2 is 2.03 bits per heavy atom. The molecule has 2 aromatic heterocycles. The third kappa shape index (κ3) is 4.04. The Balaban J connectivity index is 1.57. The van der Waals surface area contributed by atoms with Gasteiger partial charge < -0.3 is 14.3 Å². The first kappa shape index (κ1) is 20.0. The summed E-state index contributed by atoms with van der Waals surface area (Å²) >= 11 is 0.954. The predicted octanol–water partition coefficient (Wildman–Crippen LogP) is 4.00. The summed E-state index contributed by atoms with van der Waals surface area (Å²) < 4.78 is 7.07. The number of rotatable bonds is 7. The average molecular weight is 423 g/mol. The van der Waals surface area contributed by atoms with Crippen molar-refractivity contribution in [3.63, 3.8) is 0 Å². The molecule has 8 heteroatoms. The number of amides is 3. The van der Waals surface area contributed by atoms with Crippen molar-refractivity contribution < 1.29 is 18.8 Å². The number of hydrogen-bond donors (Lipinski definition) is 1. The number of benzene rings is 1. The van der Waals surface area contributed by atoms with E-state index in [1.165, 1.54) is 4.90 Å². The molecule has 0 atom stereocenters. The third-order valence-electron chi connectivity index (χ3n) is 4.78. The molecule has 4 rings (SSSR count). The Bertz CT molecular complexity index is 1130. The topological polar surface area (TPSA) is 84.6 Å². The molecule has 3 aromatic rings. The van der Waals surface area contributed by atoms with Gasteiger partial charge >= 0.3 is 0 Å². The summed E-state index contributed by atoms with van der Waals surface area (Å²) in [4.78, 5) is 38.8. The molecule has 1 fully saturated rings. The number of hydrogen-bond acceptors (Lipinski definition) is 5. The van der Waals surface area contributed by atoms with E-state index in [1.807, 2.05) is 42.0 Å². The van der Waals surface area contributed by atoms with Crippen molar-refractivity contribution in [1.82, 2.24) is 14.8 Å². The van der Waals surface area contributed by atoms with E-state index in [4.69, 9.17) is 4.42 Å². The first-order valence-corrected chi connectivity index (χ1v) is 10.5. The number of nitrogens with one attached hydrogen (secondary N) is 1. The van der Waals surface area contributed by atoms with Crippen molar-refractivity contribution in [3.05, 3.63) is 65.1 Å². The highest BCUT2D eigenvalue weighted by molar-refractivity contribution is 8.18. The Kier molecular flexibility index (Phi) is 5.76. The first-order chi connectivity index (χ1) is 14.6. The van der Waals surface area contributed by atoms with Crippen LogP contribution in [0.1, 0.15) is 24.7 Å². The number of furan rings is 1. The molecule has 3 heterocycles. The molecule has 154 valence electrons. The molecule has 1 aliphatic rings. The fourth-order valence-corrected chi connectivity index (χ4v) is 4.24. The number of nitrogens with zero attached hydrogens (tertiary/aromatic N) is 2. The maximum Gasteiger partial charge on any atom is 0.293 e. The number of thioether (sulfide) groups is 1. The van der Waals surface area contributed by atoms with Crippen molar-refractivity contribution >= 4 is 45.8 Å². The molecule has 0 spiro atoms. The van der Waals surface area contributed by atoms with Crippen LogP contribution in [0.25, 0.3) is 17.0 Å². The summed E-state index contributed by atoms with van der Waals surface area (Å²) in [5.41, 5.74) is 1.68. The molecule has 3 amide bonds. The molecule has 7 nitrogen and oxygen atoms in total. The van der Waals surface area contributed by atoms with Gasteiger partial charge in [-0.05, 0) is 42.5 Å². The minimum absolute atomic E-state index is 0.131. The largest absolute Gasteiger partial charge is 0.467 e. The molecule has 0 aliphatic carbocycles. The number of carbonyl (C=O) groups is 3. The minimum Gasteiger partial charge on any atom is -0.467 e. The van der Waals surface area contributed by atoms with E-state index >= 15 is 0 Å². The molecule has 0 unspecified atom stereocenters. The number of aromatic nitrogens is 1. The molecular formula is C22H21N3O4S. The number of para-hydroxylation sites is 1. The number of carbonyl (C=O) groups excluding carboxylic acids is 3. The lowest BCUT2D eigenvalue weighted by molar-refractivity contribution is -0.123. The van der Waals surface area contributed by atoms with Crippen molar-refractivity contribution in [1.29, 1.82) is 0 Å². The monoisotopic (exact) mass is 423 g/mol. The molecule has 0 radical (unpaired) electrons. The van der Waals surface area contributed by atoms with Crippen LogP contribution in [0.5, 0.6) is 0 Å². The lowest BCUT2D eigenvalue weighted by Crippen LogP contribution is -2.28. The molecule has 1 aromatic carbocycles. The number of imide groups is 1. The van der Waals surface area contributed by atoms with Gasteiger partial charge in [-0.25, -0.2) is 0 Å². The van der Waals surface area contributed by atoms with Crippen LogP contribution in [0.2, 0.25) is 0 Å². The Morgan fingerprint density at radius 1 is 1.20 bits per heavy atom. The molecule has 1 N–H and O–H groups in total. The third-order valence-corrected chi connectivity index (χ3v) is 5.69. The molecule has 30 heavy (non-hydrogen) atoms.